The van der Waals surface area contributed by atoms with Crippen LogP contribution in [-0.2, 0) is 16.0 Å². The van der Waals surface area contributed by atoms with E-state index in [9.17, 15) is 9.59 Å². The first-order valence-corrected chi connectivity index (χ1v) is 12.9. The lowest BCUT2D eigenvalue weighted by Crippen LogP contribution is -2.57. The highest BCUT2D eigenvalue weighted by Crippen LogP contribution is 2.56. The molecule has 2 amide bonds. The number of carbonyl (C=O) groups excluding carboxylic acids is 2. The third-order valence-electron chi connectivity index (χ3n) is 7.57. The zero-order valence-corrected chi connectivity index (χ0v) is 21.0. The van der Waals surface area contributed by atoms with Crippen molar-refractivity contribution in [1.29, 1.82) is 0 Å². The minimum absolute atomic E-state index is 0.0889. The number of rotatable bonds is 5. The van der Waals surface area contributed by atoms with Crippen LogP contribution >= 0.6 is 11.3 Å². The highest BCUT2D eigenvalue weighted by Gasteiger charge is 2.57. The summed E-state index contributed by atoms with van der Waals surface area (Å²) in [5.74, 6) is -0.279. The molecule has 1 N–H and O–H groups in total. The van der Waals surface area contributed by atoms with E-state index in [-0.39, 0.29) is 23.8 Å². The lowest BCUT2D eigenvalue weighted by molar-refractivity contribution is -0.151. The molecule has 6 nitrogen and oxygen atoms in total. The Labute approximate surface area is 214 Å². The average molecular weight is 495 g/mol. The summed E-state index contributed by atoms with van der Waals surface area (Å²) in [6, 6.07) is 20.1. The highest BCUT2D eigenvalue weighted by molar-refractivity contribution is 7.13. The number of carbonyl (C=O) groups is 2. The number of hydrogen-bond acceptors (Lipinski definition) is 5. The minimum Gasteiger partial charge on any atom is -0.337 e. The third-order valence-corrected chi connectivity index (χ3v) is 8.38. The van der Waals surface area contributed by atoms with Crippen LogP contribution < -0.4 is 5.32 Å². The minimum atomic E-state index is -0.726. The number of fused-ring (bicyclic) bond motifs is 2. The fourth-order valence-electron chi connectivity index (χ4n) is 5.77. The Bertz CT molecular complexity index is 1450. The van der Waals surface area contributed by atoms with Gasteiger partial charge in [-0.2, -0.15) is 0 Å². The summed E-state index contributed by atoms with van der Waals surface area (Å²) in [7, 11) is 1.81. The van der Waals surface area contributed by atoms with Gasteiger partial charge in [0.15, 0.2) is 5.13 Å². The molecule has 7 heteroatoms. The average Bonchev–Trinajstić information content (AvgIpc) is 3.34. The van der Waals surface area contributed by atoms with Crippen LogP contribution in [0.4, 0.5) is 5.13 Å². The molecule has 3 aliphatic rings. The maximum Gasteiger partial charge on any atom is 0.234 e. The SMILES string of the molecule is CN1C(=O)[C@H]2C[C@](C)(C(=O)Nc3nc(Cc4ccc(-c5ccncc5)cc4)cs3)C1c1ccccc12. The Balaban J connectivity index is 1.17. The van der Waals surface area contributed by atoms with Crippen molar-refractivity contribution in [2.75, 3.05) is 12.4 Å². The number of nitrogens with one attached hydrogen (secondary N) is 1. The molecule has 4 heterocycles. The second-order valence-electron chi connectivity index (χ2n) is 9.86. The lowest BCUT2D eigenvalue weighted by Gasteiger charge is -2.53. The summed E-state index contributed by atoms with van der Waals surface area (Å²) in [5.41, 5.74) is 5.76. The van der Waals surface area contributed by atoms with Gasteiger partial charge in [0.05, 0.1) is 23.1 Å². The Morgan fingerprint density at radius 1 is 1.06 bits per heavy atom. The zero-order valence-electron chi connectivity index (χ0n) is 20.1. The van der Waals surface area contributed by atoms with E-state index < -0.39 is 5.41 Å². The van der Waals surface area contributed by atoms with E-state index in [1.54, 1.807) is 17.3 Å². The highest BCUT2D eigenvalue weighted by atomic mass is 32.1. The van der Waals surface area contributed by atoms with Gasteiger partial charge in [0, 0.05) is 31.2 Å². The third kappa shape index (κ3) is 3.71. The molecule has 1 fully saturated rings. The molecular weight excluding hydrogens is 468 g/mol. The van der Waals surface area contributed by atoms with Crippen molar-refractivity contribution in [2.24, 2.45) is 5.41 Å². The van der Waals surface area contributed by atoms with Crippen molar-refractivity contribution < 1.29 is 9.59 Å². The summed E-state index contributed by atoms with van der Waals surface area (Å²) in [5, 5.41) is 5.65. The number of nitrogens with zero attached hydrogens (tertiary/aromatic N) is 3. The number of piperidine rings is 1. The number of pyridine rings is 1. The first-order valence-electron chi connectivity index (χ1n) is 12.0. The maximum atomic E-state index is 13.6. The van der Waals surface area contributed by atoms with Gasteiger partial charge in [-0.25, -0.2) is 4.98 Å². The Kier molecular flexibility index (Phi) is 5.45. The van der Waals surface area contributed by atoms with Gasteiger partial charge in [-0.3, -0.25) is 14.6 Å². The molecule has 36 heavy (non-hydrogen) atoms. The lowest BCUT2D eigenvalue weighted by atomic mass is 9.60. The topological polar surface area (TPSA) is 75.2 Å². The van der Waals surface area contributed by atoms with Gasteiger partial charge < -0.3 is 10.2 Å². The molecule has 2 bridgehead atoms. The Morgan fingerprint density at radius 2 is 1.75 bits per heavy atom. The monoisotopic (exact) mass is 494 g/mol. The van der Waals surface area contributed by atoms with Crippen molar-refractivity contribution in [3.8, 4) is 11.1 Å². The molecule has 180 valence electrons. The van der Waals surface area contributed by atoms with Gasteiger partial charge in [-0.1, -0.05) is 48.5 Å². The molecule has 1 unspecified atom stereocenters. The molecule has 7 rings (SSSR count). The second-order valence-corrected chi connectivity index (χ2v) is 10.7. The summed E-state index contributed by atoms with van der Waals surface area (Å²) in [6.07, 6.45) is 4.78. The van der Waals surface area contributed by atoms with Gasteiger partial charge in [-0.05, 0) is 53.3 Å². The Hall–Kier alpha value is -3.84. The van der Waals surface area contributed by atoms with Gasteiger partial charge in [0.25, 0.3) is 0 Å². The molecule has 4 aromatic rings. The number of benzene rings is 2. The van der Waals surface area contributed by atoms with Gasteiger partial charge in [0.1, 0.15) is 0 Å². The largest absolute Gasteiger partial charge is 0.337 e. The van der Waals surface area contributed by atoms with Crippen molar-refractivity contribution in [3.05, 3.63) is 101 Å². The fraction of sp³-hybridized carbons (Fsp3) is 0.241. The molecular formula is C29H26N4O2S. The molecule has 0 spiro atoms. The van der Waals surface area contributed by atoms with Crippen LogP contribution in [0.5, 0.6) is 0 Å². The predicted octanol–water partition coefficient (Wildman–Crippen LogP) is 5.44. The van der Waals surface area contributed by atoms with Gasteiger partial charge in [-0.15, -0.1) is 11.3 Å². The van der Waals surface area contributed by atoms with E-state index in [4.69, 9.17) is 4.98 Å². The van der Waals surface area contributed by atoms with Crippen molar-refractivity contribution in [3.63, 3.8) is 0 Å². The molecule has 1 aliphatic carbocycles. The van der Waals surface area contributed by atoms with Crippen LogP contribution in [-0.4, -0.2) is 33.7 Å². The van der Waals surface area contributed by atoms with Crippen LogP contribution in [0.1, 0.15) is 47.7 Å². The molecule has 2 aliphatic heterocycles. The van der Waals surface area contributed by atoms with E-state index in [0.717, 1.165) is 33.5 Å². The first kappa shape index (κ1) is 22.6. The van der Waals surface area contributed by atoms with Crippen LogP contribution in [0.15, 0.2) is 78.4 Å². The van der Waals surface area contributed by atoms with E-state index in [0.29, 0.717) is 18.0 Å². The molecule has 2 aromatic heterocycles. The van der Waals surface area contributed by atoms with Crippen molar-refractivity contribution in [1.82, 2.24) is 14.9 Å². The van der Waals surface area contributed by atoms with E-state index >= 15 is 0 Å². The van der Waals surface area contributed by atoms with Crippen LogP contribution in [0, 0.1) is 5.41 Å². The summed E-state index contributed by atoms with van der Waals surface area (Å²) in [4.78, 5) is 37.0. The molecule has 0 radical (unpaired) electrons. The smallest absolute Gasteiger partial charge is 0.234 e. The Morgan fingerprint density at radius 3 is 2.50 bits per heavy atom. The number of anilines is 1. The predicted molar refractivity (Wildman–Crippen MR) is 141 cm³/mol. The van der Waals surface area contributed by atoms with Crippen LogP contribution in [0.25, 0.3) is 11.1 Å². The van der Waals surface area contributed by atoms with Gasteiger partial charge in [0.2, 0.25) is 11.8 Å². The van der Waals surface area contributed by atoms with E-state index in [2.05, 4.69) is 34.6 Å². The molecule has 0 saturated carbocycles. The number of thiazole rings is 1. The summed E-state index contributed by atoms with van der Waals surface area (Å²) < 4.78 is 0. The molecule has 3 atom stereocenters. The summed E-state index contributed by atoms with van der Waals surface area (Å²) in [6.45, 7) is 1.97. The number of hydrogen-bond donors (Lipinski definition) is 1. The number of aromatic nitrogens is 2. The number of likely N-dealkylation sites (N-methyl/N-ethyl adjacent to an activating group) is 1. The first-order chi connectivity index (χ1) is 17.4. The second kappa shape index (κ2) is 8.68. The molecule has 1 saturated heterocycles. The normalized spacial score (nSPS) is 22.4. The van der Waals surface area contributed by atoms with Crippen molar-refractivity contribution in [2.45, 2.75) is 31.7 Å². The summed E-state index contributed by atoms with van der Waals surface area (Å²) >= 11 is 1.44. The maximum absolute atomic E-state index is 13.6. The number of amides is 2. The quantitative estimate of drug-likeness (QED) is 0.401. The van der Waals surface area contributed by atoms with Gasteiger partial charge >= 0.3 is 0 Å². The van der Waals surface area contributed by atoms with Crippen molar-refractivity contribution >= 4 is 28.3 Å². The van der Waals surface area contributed by atoms with E-state index in [1.165, 1.54) is 11.3 Å². The standard InChI is InChI=1S/C29H26N4O2S/c1-29(16-24-22-5-3-4-6-23(22)25(29)33(2)26(24)34)27(35)32-28-31-21(17-36-28)15-18-7-9-19(10-8-18)20-11-13-30-14-12-20/h3-14,17,24-25H,15-16H2,1-2H3,(H,31,32,35)/t24-,25?,29-/m0/s1. The fourth-order valence-corrected chi connectivity index (χ4v) is 6.47. The zero-order chi connectivity index (χ0) is 24.9. The van der Waals surface area contributed by atoms with E-state index in [1.807, 2.05) is 55.7 Å². The van der Waals surface area contributed by atoms with Crippen LogP contribution in [0.3, 0.4) is 0 Å². The molecule has 2 aromatic carbocycles. The van der Waals surface area contributed by atoms with Crippen LogP contribution in [0.2, 0.25) is 0 Å².